The van der Waals surface area contributed by atoms with Crippen LogP contribution in [0.15, 0.2) is 0 Å². The fraction of sp³-hybridized carbons (Fsp3) is 1.00. The van der Waals surface area contributed by atoms with Gasteiger partial charge in [-0.2, -0.15) is 13.2 Å². The van der Waals surface area contributed by atoms with Crippen molar-refractivity contribution in [2.24, 2.45) is 5.73 Å². The molecule has 0 saturated carbocycles. The van der Waals surface area contributed by atoms with Crippen LogP contribution < -0.4 is 5.73 Å². The van der Waals surface area contributed by atoms with E-state index in [2.05, 4.69) is 0 Å². The Balaban J connectivity index is 3.02. The number of halogens is 3. The topological polar surface area (TPSA) is 26.0 Å². The Morgan fingerprint density at radius 1 is 1.09 bits per heavy atom. The van der Waals surface area contributed by atoms with Crippen LogP contribution in [0.5, 0.6) is 0 Å². The third kappa shape index (κ3) is 10.1. The SMILES string of the molecule is NCCCCCSC(F)(F)F. The summed E-state index contributed by atoms with van der Waals surface area (Å²) in [7, 11) is 0. The number of hydrogen-bond donors (Lipinski definition) is 1. The average molecular weight is 187 g/mol. The molecule has 0 spiro atoms. The Labute approximate surface area is 68.5 Å². The number of rotatable bonds is 5. The molecular weight excluding hydrogens is 175 g/mol. The minimum Gasteiger partial charge on any atom is -0.330 e. The molecule has 0 aromatic rings. The lowest BCUT2D eigenvalue weighted by atomic mass is 10.2. The molecule has 0 aromatic heterocycles. The van der Waals surface area contributed by atoms with E-state index >= 15 is 0 Å². The predicted molar refractivity (Wildman–Crippen MR) is 41.4 cm³/mol. The first kappa shape index (κ1) is 11.1. The maximum absolute atomic E-state index is 11.5. The monoisotopic (exact) mass is 187 g/mol. The van der Waals surface area contributed by atoms with E-state index in [0.29, 0.717) is 13.0 Å². The molecule has 0 aromatic carbocycles. The molecule has 0 rings (SSSR count). The Morgan fingerprint density at radius 3 is 2.18 bits per heavy atom. The van der Waals surface area contributed by atoms with Crippen molar-refractivity contribution in [2.45, 2.75) is 24.8 Å². The van der Waals surface area contributed by atoms with Crippen molar-refractivity contribution in [2.75, 3.05) is 12.3 Å². The van der Waals surface area contributed by atoms with Gasteiger partial charge in [0.05, 0.1) is 0 Å². The molecule has 0 aliphatic rings. The predicted octanol–water partition coefficient (Wildman–Crippen LogP) is 2.37. The summed E-state index contributed by atoms with van der Waals surface area (Å²) in [5, 5.41) is 0. The average Bonchev–Trinajstić information content (AvgIpc) is 1.85. The van der Waals surface area contributed by atoms with Gasteiger partial charge in [-0.05, 0) is 19.4 Å². The molecular formula is C6H12F3NS. The van der Waals surface area contributed by atoms with Gasteiger partial charge in [-0.25, -0.2) is 0 Å². The Bertz CT molecular complexity index is 94.3. The Morgan fingerprint density at radius 2 is 1.73 bits per heavy atom. The molecule has 0 bridgehead atoms. The minimum absolute atomic E-state index is 0.0432. The van der Waals surface area contributed by atoms with Crippen LogP contribution in [-0.2, 0) is 0 Å². The lowest BCUT2D eigenvalue weighted by Gasteiger charge is -2.03. The van der Waals surface area contributed by atoms with Crippen LogP contribution in [0.3, 0.4) is 0 Å². The number of thioether (sulfide) groups is 1. The van der Waals surface area contributed by atoms with Crippen LogP contribution in [0.2, 0.25) is 0 Å². The molecule has 5 heteroatoms. The number of nitrogens with two attached hydrogens (primary N) is 1. The van der Waals surface area contributed by atoms with Crippen molar-refractivity contribution in [3.05, 3.63) is 0 Å². The zero-order valence-electron chi connectivity index (χ0n) is 6.16. The van der Waals surface area contributed by atoms with Crippen LogP contribution in [0.1, 0.15) is 19.3 Å². The summed E-state index contributed by atoms with van der Waals surface area (Å²) in [5.74, 6) is 0.156. The van der Waals surface area contributed by atoms with Gasteiger partial charge in [0.2, 0.25) is 0 Å². The molecule has 0 amide bonds. The van der Waals surface area contributed by atoms with E-state index in [1.807, 2.05) is 0 Å². The quantitative estimate of drug-likeness (QED) is 0.669. The Hall–Kier alpha value is 0.100. The second-order valence-electron chi connectivity index (χ2n) is 2.14. The van der Waals surface area contributed by atoms with Crippen LogP contribution in [0, 0.1) is 0 Å². The molecule has 1 nitrogen and oxygen atoms in total. The fourth-order valence-electron chi connectivity index (χ4n) is 0.611. The Kier molecular flexibility index (Phi) is 5.76. The third-order valence-electron chi connectivity index (χ3n) is 1.11. The highest BCUT2D eigenvalue weighted by Gasteiger charge is 2.27. The molecule has 0 aliphatic carbocycles. The molecule has 0 saturated heterocycles. The first-order chi connectivity index (χ1) is 5.06. The van der Waals surface area contributed by atoms with E-state index < -0.39 is 5.51 Å². The first-order valence-electron chi connectivity index (χ1n) is 3.47. The highest BCUT2D eigenvalue weighted by atomic mass is 32.2. The zero-order valence-corrected chi connectivity index (χ0v) is 6.97. The van der Waals surface area contributed by atoms with Gasteiger partial charge in [0, 0.05) is 5.75 Å². The van der Waals surface area contributed by atoms with Crippen LogP contribution in [0.25, 0.3) is 0 Å². The highest BCUT2D eigenvalue weighted by Crippen LogP contribution is 2.30. The lowest BCUT2D eigenvalue weighted by Crippen LogP contribution is -2.02. The summed E-state index contributed by atoms with van der Waals surface area (Å²) in [4.78, 5) is 0. The fourth-order valence-corrected chi connectivity index (χ4v) is 1.19. The van der Waals surface area contributed by atoms with Gasteiger partial charge in [0.25, 0.3) is 0 Å². The highest BCUT2D eigenvalue weighted by molar-refractivity contribution is 8.00. The second kappa shape index (κ2) is 5.71. The summed E-state index contributed by atoms with van der Waals surface area (Å²) in [6, 6.07) is 0. The summed E-state index contributed by atoms with van der Waals surface area (Å²) >= 11 is 0.0432. The summed E-state index contributed by atoms with van der Waals surface area (Å²) < 4.78 is 34.5. The molecule has 0 fully saturated rings. The molecule has 0 atom stereocenters. The maximum Gasteiger partial charge on any atom is 0.441 e. The molecule has 68 valence electrons. The van der Waals surface area contributed by atoms with Crippen molar-refractivity contribution >= 4 is 11.8 Å². The summed E-state index contributed by atoms with van der Waals surface area (Å²) in [6.07, 6.45) is 2.21. The third-order valence-corrected chi connectivity index (χ3v) is 1.93. The van der Waals surface area contributed by atoms with Crippen LogP contribution in [0.4, 0.5) is 13.2 Å². The first-order valence-corrected chi connectivity index (χ1v) is 4.45. The molecule has 2 N–H and O–H groups in total. The van der Waals surface area contributed by atoms with E-state index in [9.17, 15) is 13.2 Å². The zero-order chi connectivity index (χ0) is 8.74. The van der Waals surface area contributed by atoms with E-state index in [1.54, 1.807) is 0 Å². The summed E-state index contributed by atoms with van der Waals surface area (Å²) in [5.41, 5.74) is 1.10. The largest absolute Gasteiger partial charge is 0.441 e. The van der Waals surface area contributed by atoms with E-state index in [4.69, 9.17) is 5.73 Å². The van der Waals surface area contributed by atoms with Crippen molar-refractivity contribution in [3.8, 4) is 0 Å². The normalized spacial score (nSPS) is 12.0. The van der Waals surface area contributed by atoms with Crippen LogP contribution >= 0.6 is 11.8 Å². The summed E-state index contributed by atoms with van der Waals surface area (Å²) in [6.45, 7) is 0.566. The van der Waals surface area contributed by atoms with Gasteiger partial charge in [-0.3, -0.25) is 0 Å². The van der Waals surface area contributed by atoms with Crippen molar-refractivity contribution in [1.82, 2.24) is 0 Å². The van der Waals surface area contributed by atoms with Crippen LogP contribution in [-0.4, -0.2) is 17.8 Å². The lowest BCUT2D eigenvalue weighted by molar-refractivity contribution is -0.0328. The van der Waals surface area contributed by atoms with Gasteiger partial charge in [-0.15, -0.1) is 0 Å². The van der Waals surface area contributed by atoms with E-state index in [1.165, 1.54) is 0 Å². The van der Waals surface area contributed by atoms with Gasteiger partial charge < -0.3 is 5.73 Å². The van der Waals surface area contributed by atoms with Crippen molar-refractivity contribution in [1.29, 1.82) is 0 Å². The number of unbranched alkanes of at least 4 members (excludes halogenated alkanes) is 2. The molecule has 0 heterocycles. The maximum atomic E-state index is 11.5. The van der Waals surface area contributed by atoms with E-state index in [0.717, 1.165) is 12.8 Å². The molecule has 11 heavy (non-hydrogen) atoms. The second-order valence-corrected chi connectivity index (χ2v) is 3.30. The smallest absolute Gasteiger partial charge is 0.330 e. The minimum atomic E-state index is -4.07. The number of hydrogen-bond acceptors (Lipinski definition) is 2. The molecule has 0 radical (unpaired) electrons. The molecule has 0 unspecified atom stereocenters. The van der Waals surface area contributed by atoms with Gasteiger partial charge in [-0.1, -0.05) is 18.2 Å². The number of alkyl halides is 3. The molecule has 0 aliphatic heterocycles. The van der Waals surface area contributed by atoms with Crippen molar-refractivity contribution < 1.29 is 13.2 Å². The van der Waals surface area contributed by atoms with Gasteiger partial charge >= 0.3 is 5.51 Å². The van der Waals surface area contributed by atoms with Crippen molar-refractivity contribution in [3.63, 3.8) is 0 Å². The van der Waals surface area contributed by atoms with E-state index in [-0.39, 0.29) is 17.5 Å². The standard InChI is InChI=1S/C6H12F3NS/c7-6(8,9)11-5-3-1-2-4-10/h1-5,10H2. The van der Waals surface area contributed by atoms with Gasteiger partial charge in [0.1, 0.15) is 0 Å². The van der Waals surface area contributed by atoms with Gasteiger partial charge in [0.15, 0.2) is 0 Å².